The first-order valence-corrected chi connectivity index (χ1v) is 8.21. The Labute approximate surface area is 125 Å². The van der Waals surface area contributed by atoms with Crippen LogP contribution in [0.25, 0.3) is 22.6 Å². The second-order valence-electron chi connectivity index (χ2n) is 4.59. The third kappa shape index (κ3) is 2.59. The van der Waals surface area contributed by atoms with Gasteiger partial charge in [-0.1, -0.05) is 11.6 Å². The molecule has 0 amide bonds. The van der Waals surface area contributed by atoms with E-state index in [2.05, 4.69) is 4.98 Å². The van der Waals surface area contributed by atoms with Gasteiger partial charge in [-0.25, -0.2) is 13.4 Å². The third-order valence-corrected chi connectivity index (χ3v) is 4.39. The number of phenols is 1. The van der Waals surface area contributed by atoms with E-state index in [1.807, 2.05) is 0 Å². The van der Waals surface area contributed by atoms with Crippen LogP contribution in [0, 0.1) is 0 Å². The predicted octanol–water partition coefficient (Wildman–Crippen LogP) is 3.26. The van der Waals surface area contributed by atoms with Crippen molar-refractivity contribution in [2.24, 2.45) is 0 Å². The number of halogens is 1. The topological polar surface area (TPSA) is 80.4 Å². The second-order valence-corrected chi connectivity index (χ2v) is 7.01. The molecule has 0 unspecified atom stereocenters. The van der Waals surface area contributed by atoms with Crippen molar-refractivity contribution >= 4 is 32.5 Å². The number of sulfone groups is 1. The average Bonchev–Trinajstić information content (AvgIpc) is 2.83. The first kappa shape index (κ1) is 13.9. The Balaban J connectivity index is 2.14. The highest BCUT2D eigenvalue weighted by Crippen LogP contribution is 2.31. The van der Waals surface area contributed by atoms with Crippen molar-refractivity contribution < 1.29 is 17.9 Å². The highest BCUT2D eigenvalue weighted by molar-refractivity contribution is 7.90. The summed E-state index contributed by atoms with van der Waals surface area (Å²) in [4.78, 5) is 4.44. The summed E-state index contributed by atoms with van der Waals surface area (Å²) in [5, 5.41) is 9.59. The maximum Gasteiger partial charge on any atom is 0.227 e. The molecule has 1 heterocycles. The van der Waals surface area contributed by atoms with E-state index in [4.69, 9.17) is 16.0 Å². The van der Waals surface area contributed by atoms with Gasteiger partial charge in [0.1, 0.15) is 11.3 Å². The number of fused-ring (bicyclic) bond motifs is 1. The molecule has 0 atom stereocenters. The molecule has 0 radical (unpaired) electrons. The highest BCUT2D eigenvalue weighted by Gasteiger charge is 2.13. The van der Waals surface area contributed by atoms with E-state index >= 15 is 0 Å². The van der Waals surface area contributed by atoms with Crippen LogP contribution >= 0.6 is 11.6 Å². The van der Waals surface area contributed by atoms with Gasteiger partial charge in [0, 0.05) is 11.8 Å². The van der Waals surface area contributed by atoms with Crippen molar-refractivity contribution in [3.8, 4) is 17.2 Å². The number of rotatable bonds is 2. The lowest BCUT2D eigenvalue weighted by Gasteiger charge is -1.98. The minimum Gasteiger partial charge on any atom is -0.506 e. The molecule has 3 aromatic rings. The molecule has 0 aliphatic heterocycles. The summed E-state index contributed by atoms with van der Waals surface area (Å²) in [5.74, 6) is 0.272. The van der Waals surface area contributed by atoms with Gasteiger partial charge in [-0.3, -0.25) is 0 Å². The van der Waals surface area contributed by atoms with Crippen LogP contribution in [0.3, 0.4) is 0 Å². The zero-order valence-electron chi connectivity index (χ0n) is 10.9. The Hall–Kier alpha value is -2.05. The number of phenolic OH excluding ortho intramolecular Hbond substituents is 1. The van der Waals surface area contributed by atoms with E-state index in [9.17, 15) is 13.5 Å². The van der Waals surface area contributed by atoms with Gasteiger partial charge in [0.2, 0.25) is 5.89 Å². The molecule has 7 heteroatoms. The minimum absolute atomic E-state index is 0.0316. The van der Waals surface area contributed by atoms with Crippen LogP contribution in [0.2, 0.25) is 5.02 Å². The summed E-state index contributed by atoms with van der Waals surface area (Å²) in [5.41, 5.74) is 1.51. The van der Waals surface area contributed by atoms with Gasteiger partial charge < -0.3 is 9.52 Å². The average molecular weight is 324 g/mol. The Bertz CT molecular complexity index is 947. The summed E-state index contributed by atoms with van der Waals surface area (Å²) >= 11 is 5.85. The normalized spacial score (nSPS) is 11.9. The monoisotopic (exact) mass is 323 g/mol. The van der Waals surface area contributed by atoms with Gasteiger partial charge in [-0.15, -0.1) is 0 Å². The largest absolute Gasteiger partial charge is 0.506 e. The summed E-state index contributed by atoms with van der Waals surface area (Å²) in [6, 6.07) is 9.07. The Morgan fingerprint density at radius 2 is 1.95 bits per heavy atom. The van der Waals surface area contributed by atoms with Gasteiger partial charge in [0.15, 0.2) is 15.4 Å². The molecule has 0 aliphatic carbocycles. The summed E-state index contributed by atoms with van der Waals surface area (Å²) < 4.78 is 28.6. The molecule has 2 aromatic carbocycles. The first-order valence-electron chi connectivity index (χ1n) is 5.94. The zero-order chi connectivity index (χ0) is 15.2. The number of aromatic nitrogens is 1. The van der Waals surface area contributed by atoms with Crippen LogP contribution in [0.1, 0.15) is 0 Å². The van der Waals surface area contributed by atoms with E-state index in [1.165, 1.54) is 24.3 Å². The summed E-state index contributed by atoms with van der Waals surface area (Å²) in [6.45, 7) is 0. The minimum atomic E-state index is -3.30. The molecule has 1 aromatic heterocycles. The van der Waals surface area contributed by atoms with Crippen LogP contribution in [-0.4, -0.2) is 24.8 Å². The molecule has 1 N–H and O–H groups in total. The van der Waals surface area contributed by atoms with Gasteiger partial charge in [0.05, 0.1) is 9.92 Å². The molecule has 21 heavy (non-hydrogen) atoms. The number of oxazole rings is 1. The van der Waals surface area contributed by atoms with E-state index in [0.29, 0.717) is 22.6 Å². The molecule has 5 nitrogen and oxygen atoms in total. The molecule has 108 valence electrons. The van der Waals surface area contributed by atoms with E-state index in [1.54, 1.807) is 12.1 Å². The maximum absolute atomic E-state index is 11.5. The summed E-state index contributed by atoms with van der Waals surface area (Å²) in [7, 11) is -3.30. The maximum atomic E-state index is 11.5. The number of hydrogen-bond acceptors (Lipinski definition) is 5. The highest BCUT2D eigenvalue weighted by atomic mass is 35.5. The van der Waals surface area contributed by atoms with Crippen molar-refractivity contribution in [3.05, 3.63) is 41.4 Å². The SMILES string of the molecule is CS(=O)(=O)c1ccc2oc(-c3ccc(O)c(Cl)c3)nc2c1. The van der Waals surface area contributed by atoms with Crippen LogP contribution < -0.4 is 0 Å². The van der Waals surface area contributed by atoms with Crippen molar-refractivity contribution in [2.45, 2.75) is 4.90 Å². The molecule has 0 saturated heterocycles. The van der Waals surface area contributed by atoms with Crippen molar-refractivity contribution in [2.75, 3.05) is 6.26 Å². The lowest BCUT2D eigenvalue weighted by molar-refractivity contribution is 0.475. The lowest BCUT2D eigenvalue weighted by atomic mass is 10.2. The predicted molar refractivity (Wildman–Crippen MR) is 79.2 cm³/mol. The van der Waals surface area contributed by atoms with E-state index < -0.39 is 9.84 Å². The fraction of sp³-hybridized carbons (Fsp3) is 0.0714. The first-order chi connectivity index (χ1) is 9.84. The quantitative estimate of drug-likeness (QED) is 0.783. The lowest BCUT2D eigenvalue weighted by Crippen LogP contribution is -1.95. The smallest absolute Gasteiger partial charge is 0.227 e. The van der Waals surface area contributed by atoms with E-state index in [-0.39, 0.29) is 15.7 Å². The molecule has 3 rings (SSSR count). The number of nitrogens with zero attached hydrogens (tertiary/aromatic N) is 1. The van der Waals surface area contributed by atoms with Crippen molar-refractivity contribution in [3.63, 3.8) is 0 Å². The van der Waals surface area contributed by atoms with Crippen LogP contribution in [0.5, 0.6) is 5.75 Å². The fourth-order valence-corrected chi connectivity index (χ4v) is 2.72. The van der Waals surface area contributed by atoms with Crippen molar-refractivity contribution in [1.82, 2.24) is 4.98 Å². The van der Waals surface area contributed by atoms with Crippen LogP contribution in [0.15, 0.2) is 45.7 Å². The number of aromatic hydroxyl groups is 1. The Morgan fingerprint density at radius 1 is 1.19 bits per heavy atom. The molecule has 0 saturated carbocycles. The molecule has 0 bridgehead atoms. The molecule has 0 aliphatic rings. The van der Waals surface area contributed by atoms with Crippen LogP contribution in [-0.2, 0) is 9.84 Å². The number of hydrogen-bond donors (Lipinski definition) is 1. The number of benzene rings is 2. The Kier molecular flexibility index (Phi) is 3.15. The summed E-state index contributed by atoms with van der Waals surface area (Å²) in [6.07, 6.45) is 1.13. The molecular weight excluding hydrogens is 314 g/mol. The van der Waals surface area contributed by atoms with Crippen LogP contribution in [0.4, 0.5) is 0 Å². The fourth-order valence-electron chi connectivity index (χ4n) is 1.90. The van der Waals surface area contributed by atoms with Gasteiger partial charge >= 0.3 is 0 Å². The third-order valence-electron chi connectivity index (χ3n) is 2.98. The van der Waals surface area contributed by atoms with E-state index in [0.717, 1.165) is 6.26 Å². The second kappa shape index (κ2) is 4.75. The molecular formula is C14H10ClNO4S. The zero-order valence-corrected chi connectivity index (χ0v) is 12.4. The molecule has 0 spiro atoms. The molecule has 0 fully saturated rings. The van der Waals surface area contributed by atoms with Gasteiger partial charge in [0.25, 0.3) is 0 Å². The van der Waals surface area contributed by atoms with Crippen molar-refractivity contribution in [1.29, 1.82) is 0 Å². The Morgan fingerprint density at radius 3 is 2.62 bits per heavy atom. The standard InChI is InChI=1S/C14H10ClNO4S/c1-21(18,19)9-3-5-13-11(7-9)16-14(20-13)8-2-4-12(17)10(15)6-8/h2-7,17H,1H3. The van der Waals surface area contributed by atoms with Gasteiger partial charge in [-0.2, -0.15) is 0 Å². The van der Waals surface area contributed by atoms with Gasteiger partial charge in [-0.05, 0) is 36.4 Å².